The predicted octanol–water partition coefficient (Wildman–Crippen LogP) is 4.53. The molecule has 21 heavy (non-hydrogen) atoms. The van der Waals surface area contributed by atoms with Gasteiger partial charge in [-0.05, 0) is 24.3 Å². The van der Waals surface area contributed by atoms with E-state index in [0.717, 1.165) is 6.07 Å². The second kappa shape index (κ2) is 6.28. The highest BCUT2D eigenvalue weighted by Gasteiger charge is 2.15. The molecule has 0 aromatic heterocycles. The Bertz CT molecular complexity index is 684. The first-order chi connectivity index (χ1) is 9.92. The Balaban J connectivity index is 2.26. The molecule has 0 aliphatic rings. The first-order valence-corrected chi connectivity index (χ1v) is 6.47. The van der Waals surface area contributed by atoms with Gasteiger partial charge in [0.25, 0.3) is 5.91 Å². The Kier molecular flexibility index (Phi) is 4.65. The molecule has 0 aliphatic carbocycles. The van der Waals surface area contributed by atoms with Crippen LogP contribution in [0.2, 0.25) is 10.0 Å². The van der Waals surface area contributed by atoms with Gasteiger partial charge in [0.1, 0.15) is 11.6 Å². The van der Waals surface area contributed by atoms with Crippen molar-refractivity contribution in [2.24, 2.45) is 0 Å². The summed E-state index contributed by atoms with van der Waals surface area (Å²) in [7, 11) is 1.39. The van der Waals surface area contributed by atoms with Crippen molar-refractivity contribution in [2.75, 3.05) is 12.4 Å². The lowest BCUT2D eigenvalue weighted by Gasteiger charge is -2.09. The normalized spacial score (nSPS) is 10.3. The fourth-order valence-electron chi connectivity index (χ4n) is 1.63. The average Bonchev–Trinajstić information content (AvgIpc) is 2.44. The van der Waals surface area contributed by atoms with Crippen molar-refractivity contribution in [1.29, 1.82) is 0 Å². The third kappa shape index (κ3) is 3.43. The summed E-state index contributed by atoms with van der Waals surface area (Å²) >= 11 is 11.2. The molecular formula is C14H9Cl2F2NO2. The number of hydrogen-bond acceptors (Lipinski definition) is 2. The number of hydrogen-bond donors (Lipinski definition) is 1. The van der Waals surface area contributed by atoms with Gasteiger partial charge < -0.3 is 10.1 Å². The van der Waals surface area contributed by atoms with E-state index in [4.69, 9.17) is 27.9 Å². The minimum Gasteiger partial charge on any atom is -0.497 e. The second-order valence-corrected chi connectivity index (χ2v) is 4.87. The molecule has 1 amide bonds. The second-order valence-electron chi connectivity index (χ2n) is 4.05. The molecule has 2 rings (SSSR count). The van der Waals surface area contributed by atoms with Crippen LogP contribution in [0.1, 0.15) is 10.4 Å². The topological polar surface area (TPSA) is 38.3 Å². The van der Waals surface area contributed by atoms with Gasteiger partial charge in [-0.2, -0.15) is 0 Å². The predicted molar refractivity (Wildman–Crippen MR) is 77.3 cm³/mol. The number of rotatable bonds is 3. The van der Waals surface area contributed by atoms with Gasteiger partial charge in [0, 0.05) is 11.8 Å². The number of ether oxygens (including phenoxy) is 1. The number of nitrogens with one attached hydrogen (secondary N) is 1. The average molecular weight is 332 g/mol. The molecule has 2 aromatic rings. The van der Waals surface area contributed by atoms with Crippen molar-refractivity contribution in [3.05, 3.63) is 57.6 Å². The van der Waals surface area contributed by atoms with Gasteiger partial charge in [-0.1, -0.05) is 23.2 Å². The molecule has 0 fully saturated rings. The van der Waals surface area contributed by atoms with Crippen LogP contribution in [0, 0.1) is 11.6 Å². The molecule has 3 nitrogen and oxygen atoms in total. The van der Waals surface area contributed by atoms with E-state index >= 15 is 0 Å². The summed E-state index contributed by atoms with van der Waals surface area (Å²) in [6.07, 6.45) is 0. The van der Waals surface area contributed by atoms with E-state index in [1.807, 2.05) is 0 Å². The number of amides is 1. The van der Waals surface area contributed by atoms with Gasteiger partial charge in [0.2, 0.25) is 0 Å². The molecule has 7 heteroatoms. The van der Waals surface area contributed by atoms with Crippen LogP contribution in [0.25, 0.3) is 0 Å². The molecular weight excluding hydrogens is 323 g/mol. The van der Waals surface area contributed by atoms with Crippen LogP contribution in [0.5, 0.6) is 5.75 Å². The largest absolute Gasteiger partial charge is 0.497 e. The lowest BCUT2D eigenvalue weighted by Crippen LogP contribution is -2.14. The molecule has 0 saturated carbocycles. The van der Waals surface area contributed by atoms with E-state index in [2.05, 4.69) is 5.32 Å². The van der Waals surface area contributed by atoms with Gasteiger partial charge in [-0.15, -0.1) is 0 Å². The molecule has 0 heterocycles. The summed E-state index contributed by atoms with van der Waals surface area (Å²) in [5.41, 5.74) is -0.0287. The number of carbonyl (C=O) groups is 1. The van der Waals surface area contributed by atoms with Crippen molar-refractivity contribution in [3.63, 3.8) is 0 Å². The number of benzene rings is 2. The Hall–Kier alpha value is -1.85. The van der Waals surface area contributed by atoms with E-state index in [1.165, 1.54) is 31.4 Å². The lowest BCUT2D eigenvalue weighted by atomic mass is 10.2. The smallest absolute Gasteiger partial charge is 0.258 e. The SMILES string of the molecule is COc1ccc(C(=O)Nc2cc(Cl)c(F)c(Cl)c2)c(F)c1. The number of carbonyl (C=O) groups excluding carboxylic acids is 1. The van der Waals surface area contributed by atoms with Gasteiger partial charge in [-0.3, -0.25) is 4.79 Å². The van der Waals surface area contributed by atoms with E-state index in [1.54, 1.807) is 0 Å². The summed E-state index contributed by atoms with van der Waals surface area (Å²) < 4.78 is 31.9. The molecule has 0 bridgehead atoms. The minimum absolute atomic E-state index is 0.159. The molecule has 110 valence electrons. The van der Waals surface area contributed by atoms with Crippen LogP contribution in [0.15, 0.2) is 30.3 Å². The standard InChI is InChI=1S/C14H9Cl2F2NO2/c1-21-8-2-3-9(12(17)6-8)14(20)19-7-4-10(15)13(18)11(16)5-7/h2-6H,1H3,(H,19,20). The highest BCUT2D eigenvalue weighted by molar-refractivity contribution is 6.35. The summed E-state index contributed by atoms with van der Waals surface area (Å²) in [5, 5.41) is 1.90. The van der Waals surface area contributed by atoms with E-state index in [9.17, 15) is 13.6 Å². The third-order valence-corrected chi connectivity index (χ3v) is 3.21. The fourth-order valence-corrected chi connectivity index (χ4v) is 2.12. The van der Waals surface area contributed by atoms with Gasteiger partial charge in [0.15, 0.2) is 5.82 Å². The zero-order valence-corrected chi connectivity index (χ0v) is 12.2. The Morgan fingerprint density at radius 2 is 1.76 bits per heavy atom. The molecule has 0 spiro atoms. The van der Waals surface area contributed by atoms with Gasteiger partial charge >= 0.3 is 0 Å². The zero-order valence-electron chi connectivity index (χ0n) is 10.7. The molecule has 0 unspecified atom stereocenters. The molecule has 0 atom stereocenters. The maximum absolute atomic E-state index is 13.8. The highest BCUT2D eigenvalue weighted by atomic mass is 35.5. The van der Waals surface area contributed by atoms with Crippen LogP contribution in [0.4, 0.5) is 14.5 Å². The minimum atomic E-state index is -0.785. The maximum Gasteiger partial charge on any atom is 0.258 e. The Labute approximate surface area is 129 Å². The zero-order chi connectivity index (χ0) is 15.6. The lowest BCUT2D eigenvalue weighted by molar-refractivity contribution is 0.102. The molecule has 2 aromatic carbocycles. The van der Waals surface area contributed by atoms with E-state index < -0.39 is 17.5 Å². The van der Waals surface area contributed by atoms with Crippen LogP contribution in [0.3, 0.4) is 0 Å². The number of halogens is 4. The van der Waals surface area contributed by atoms with Crippen LogP contribution >= 0.6 is 23.2 Å². The van der Waals surface area contributed by atoms with E-state index in [-0.39, 0.29) is 27.0 Å². The highest BCUT2D eigenvalue weighted by Crippen LogP contribution is 2.28. The maximum atomic E-state index is 13.8. The van der Waals surface area contributed by atoms with E-state index in [0.29, 0.717) is 0 Å². The number of anilines is 1. The summed E-state index contributed by atoms with van der Waals surface area (Å²) in [5.74, 6) is -1.95. The summed E-state index contributed by atoms with van der Waals surface area (Å²) in [6, 6.07) is 6.17. The van der Waals surface area contributed by atoms with Crippen LogP contribution < -0.4 is 10.1 Å². The van der Waals surface area contributed by atoms with Crippen molar-refractivity contribution in [1.82, 2.24) is 0 Å². The molecule has 0 aliphatic heterocycles. The summed E-state index contributed by atoms with van der Waals surface area (Å²) in [4.78, 5) is 12.0. The van der Waals surface area contributed by atoms with Crippen LogP contribution in [-0.2, 0) is 0 Å². The van der Waals surface area contributed by atoms with Crippen LogP contribution in [-0.4, -0.2) is 13.0 Å². The van der Waals surface area contributed by atoms with Crippen molar-refractivity contribution >= 4 is 34.8 Å². The van der Waals surface area contributed by atoms with Crippen molar-refractivity contribution < 1.29 is 18.3 Å². The number of methoxy groups -OCH3 is 1. The monoisotopic (exact) mass is 331 g/mol. The third-order valence-electron chi connectivity index (χ3n) is 2.66. The Morgan fingerprint density at radius 1 is 1.14 bits per heavy atom. The quantitative estimate of drug-likeness (QED) is 0.839. The van der Waals surface area contributed by atoms with Gasteiger partial charge in [0.05, 0.1) is 22.7 Å². The first kappa shape index (κ1) is 15.5. The fraction of sp³-hybridized carbons (Fsp3) is 0.0714. The molecule has 1 N–H and O–H groups in total. The molecule has 0 radical (unpaired) electrons. The summed E-state index contributed by atoms with van der Waals surface area (Å²) in [6.45, 7) is 0. The molecule has 0 saturated heterocycles. The van der Waals surface area contributed by atoms with Crippen molar-refractivity contribution in [3.8, 4) is 5.75 Å². The van der Waals surface area contributed by atoms with Crippen molar-refractivity contribution in [2.45, 2.75) is 0 Å². The first-order valence-electron chi connectivity index (χ1n) is 5.72. The van der Waals surface area contributed by atoms with Gasteiger partial charge in [-0.25, -0.2) is 8.78 Å². The Morgan fingerprint density at radius 3 is 2.29 bits per heavy atom.